The number of hydrogen-bond acceptors (Lipinski definition) is 3. The van der Waals surface area contributed by atoms with Crippen LogP contribution in [0.1, 0.15) is 26.3 Å². The number of ether oxygens (including phenoxy) is 1. The monoisotopic (exact) mass is 222 g/mol. The van der Waals surface area contributed by atoms with Gasteiger partial charge >= 0.3 is 0 Å². The molecule has 0 aliphatic rings. The predicted octanol–water partition coefficient (Wildman–Crippen LogP) is 2.41. The zero-order chi connectivity index (χ0) is 12.2. The molecule has 0 spiro atoms. The standard InChI is InChI=1S/C13H22N2O/c1-5-10-8-11(6-7-12(10)16-4)15-9-13(2,3)14/h6-8,15H,5,9,14H2,1-4H3. The lowest BCUT2D eigenvalue weighted by molar-refractivity contribution is 0.410. The molecule has 1 rings (SSSR count). The van der Waals surface area contributed by atoms with Crippen LogP contribution in [0.15, 0.2) is 18.2 Å². The second kappa shape index (κ2) is 5.21. The summed E-state index contributed by atoms with van der Waals surface area (Å²) in [5.41, 5.74) is 8.02. The third-order valence-corrected chi connectivity index (χ3v) is 2.41. The van der Waals surface area contributed by atoms with Gasteiger partial charge in [-0.2, -0.15) is 0 Å². The van der Waals surface area contributed by atoms with Gasteiger partial charge in [0, 0.05) is 17.8 Å². The van der Waals surface area contributed by atoms with Crippen LogP contribution in [0.25, 0.3) is 0 Å². The third-order valence-electron chi connectivity index (χ3n) is 2.41. The fourth-order valence-electron chi connectivity index (χ4n) is 1.49. The van der Waals surface area contributed by atoms with Crippen molar-refractivity contribution < 1.29 is 4.74 Å². The molecule has 16 heavy (non-hydrogen) atoms. The SMILES string of the molecule is CCc1cc(NCC(C)(C)N)ccc1OC. The van der Waals surface area contributed by atoms with Crippen molar-refractivity contribution in [2.75, 3.05) is 19.0 Å². The summed E-state index contributed by atoms with van der Waals surface area (Å²) in [6.07, 6.45) is 0.963. The lowest BCUT2D eigenvalue weighted by Crippen LogP contribution is -2.39. The zero-order valence-electron chi connectivity index (χ0n) is 10.6. The molecule has 3 nitrogen and oxygen atoms in total. The number of benzene rings is 1. The minimum atomic E-state index is -0.202. The van der Waals surface area contributed by atoms with Crippen molar-refractivity contribution >= 4 is 5.69 Å². The van der Waals surface area contributed by atoms with E-state index >= 15 is 0 Å². The van der Waals surface area contributed by atoms with E-state index in [9.17, 15) is 0 Å². The minimum Gasteiger partial charge on any atom is -0.496 e. The first kappa shape index (κ1) is 12.8. The highest BCUT2D eigenvalue weighted by molar-refractivity contribution is 5.51. The van der Waals surface area contributed by atoms with Crippen LogP contribution in [0.4, 0.5) is 5.69 Å². The van der Waals surface area contributed by atoms with Gasteiger partial charge in [0.2, 0.25) is 0 Å². The first-order chi connectivity index (χ1) is 7.46. The number of nitrogens with two attached hydrogens (primary N) is 1. The summed E-state index contributed by atoms with van der Waals surface area (Å²) in [6, 6.07) is 6.12. The Morgan fingerprint density at radius 2 is 2.06 bits per heavy atom. The first-order valence-electron chi connectivity index (χ1n) is 5.66. The van der Waals surface area contributed by atoms with Crippen LogP contribution in [0.3, 0.4) is 0 Å². The largest absolute Gasteiger partial charge is 0.496 e. The molecule has 0 aromatic heterocycles. The Labute approximate surface area is 98.0 Å². The Morgan fingerprint density at radius 1 is 1.38 bits per heavy atom. The van der Waals surface area contributed by atoms with Gasteiger partial charge in [-0.3, -0.25) is 0 Å². The molecule has 0 bridgehead atoms. The van der Waals surface area contributed by atoms with Crippen molar-refractivity contribution in [2.24, 2.45) is 5.73 Å². The van der Waals surface area contributed by atoms with Crippen LogP contribution in [0.5, 0.6) is 5.75 Å². The van der Waals surface area contributed by atoms with Crippen LogP contribution >= 0.6 is 0 Å². The van der Waals surface area contributed by atoms with Crippen LogP contribution in [0, 0.1) is 0 Å². The number of nitrogens with one attached hydrogen (secondary N) is 1. The average Bonchev–Trinajstić information content (AvgIpc) is 2.25. The summed E-state index contributed by atoms with van der Waals surface area (Å²) in [4.78, 5) is 0. The summed E-state index contributed by atoms with van der Waals surface area (Å²) in [5, 5.41) is 3.33. The molecule has 0 heterocycles. The second-order valence-electron chi connectivity index (χ2n) is 4.72. The van der Waals surface area contributed by atoms with Gasteiger partial charge in [-0.1, -0.05) is 6.92 Å². The van der Waals surface area contributed by atoms with Gasteiger partial charge in [-0.25, -0.2) is 0 Å². The molecule has 0 aliphatic heterocycles. The van der Waals surface area contributed by atoms with E-state index in [0.717, 1.165) is 24.4 Å². The Balaban J connectivity index is 2.75. The number of hydrogen-bond donors (Lipinski definition) is 2. The molecular formula is C13H22N2O. The van der Waals surface area contributed by atoms with Crippen LogP contribution < -0.4 is 15.8 Å². The number of rotatable bonds is 5. The normalized spacial score (nSPS) is 11.3. The first-order valence-corrected chi connectivity index (χ1v) is 5.66. The number of anilines is 1. The Morgan fingerprint density at radius 3 is 2.56 bits per heavy atom. The van der Waals surface area contributed by atoms with Crippen molar-refractivity contribution in [2.45, 2.75) is 32.7 Å². The van der Waals surface area contributed by atoms with Crippen molar-refractivity contribution in [1.29, 1.82) is 0 Å². The lowest BCUT2D eigenvalue weighted by Gasteiger charge is -2.20. The maximum atomic E-state index is 5.92. The molecule has 0 amide bonds. The van der Waals surface area contributed by atoms with Gasteiger partial charge < -0.3 is 15.8 Å². The van der Waals surface area contributed by atoms with Gasteiger partial charge in [0.25, 0.3) is 0 Å². The average molecular weight is 222 g/mol. The van der Waals surface area contributed by atoms with Gasteiger partial charge in [0.05, 0.1) is 7.11 Å². The quantitative estimate of drug-likeness (QED) is 0.804. The van der Waals surface area contributed by atoms with Crippen molar-refractivity contribution in [3.05, 3.63) is 23.8 Å². The van der Waals surface area contributed by atoms with E-state index in [1.807, 2.05) is 26.0 Å². The van der Waals surface area contributed by atoms with Crippen molar-refractivity contribution in [1.82, 2.24) is 0 Å². The second-order valence-corrected chi connectivity index (χ2v) is 4.72. The molecular weight excluding hydrogens is 200 g/mol. The van der Waals surface area contributed by atoms with Crippen LogP contribution in [0.2, 0.25) is 0 Å². The van der Waals surface area contributed by atoms with Gasteiger partial charge in [0.15, 0.2) is 0 Å². The molecule has 0 unspecified atom stereocenters. The molecule has 0 atom stereocenters. The Hall–Kier alpha value is -1.22. The molecule has 0 radical (unpaired) electrons. The summed E-state index contributed by atoms with van der Waals surface area (Å²) >= 11 is 0. The van der Waals surface area contributed by atoms with E-state index in [4.69, 9.17) is 10.5 Å². The number of aryl methyl sites for hydroxylation is 1. The highest BCUT2D eigenvalue weighted by Gasteiger charge is 2.10. The van der Waals surface area contributed by atoms with E-state index in [1.54, 1.807) is 7.11 Å². The fourth-order valence-corrected chi connectivity index (χ4v) is 1.49. The van der Waals surface area contributed by atoms with Crippen LogP contribution in [-0.4, -0.2) is 19.2 Å². The summed E-state index contributed by atoms with van der Waals surface area (Å²) in [6.45, 7) is 6.88. The highest BCUT2D eigenvalue weighted by atomic mass is 16.5. The predicted molar refractivity (Wildman–Crippen MR) is 69.1 cm³/mol. The van der Waals surface area contributed by atoms with Gasteiger partial charge in [-0.05, 0) is 44.0 Å². The molecule has 0 saturated carbocycles. The van der Waals surface area contributed by atoms with Crippen LogP contribution in [-0.2, 0) is 6.42 Å². The molecule has 0 fully saturated rings. The molecule has 0 saturated heterocycles. The smallest absolute Gasteiger partial charge is 0.122 e. The molecule has 1 aromatic carbocycles. The maximum absolute atomic E-state index is 5.92. The summed E-state index contributed by atoms with van der Waals surface area (Å²) in [5.74, 6) is 0.944. The Bertz CT molecular complexity index is 342. The highest BCUT2D eigenvalue weighted by Crippen LogP contribution is 2.23. The van der Waals surface area contributed by atoms with E-state index < -0.39 is 0 Å². The molecule has 90 valence electrons. The van der Waals surface area contributed by atoms with Crippen molar-refractivity contribution in [3.8, 4) is 5.75 Å². The van der Waals surface area contributed by atoms with E-state index in [2.05, 4.69) is 18.3 Å². The van der Waals surface area contributed by atoms with E-state index in [-0.39, 0.29) is 5.54 Å². The zero-order valence-corrected chi connectivity index (χ0v) is 10.6. The van der Waals surface area contributed by atoms with Crippen molar-refractivity contribution in [3.63, 3.8) is 0 Å². The van der Waals surface area contributed by atoms with E-state index in [1.165, 1.54) is 5.56 Å². The third kappa shape index (κ3) is 3.74. The summed E-state index contributed by atoms with van der Waals surface area (Å²) in [7, 11) is 1.70. The topological polar surface area (TPSA) is 47.3 Å². The molecule has 3 heteroatoms. The molecule has 1 aromatic rings. The lowest BCUT2D eigenvalue weighted by atomic mass is 10.1. The minimum absolute atomic E-state index is 0.202. The van der Waals surface area contributed by atoms with E-state index in [0.29, 0.717) is 0 Å². The Kier molecular flexibility index (Phi) is 4.19. The fraction of sp³-hybridized carbons (Fsp3) is 0.538. The number of methoxy groups -OCH3 is 1. The van der Waals surface area contributed by atoms with Gasteiger partial charge in [0.1, 0.15) is 5.75 Å². The molecule has 3 N–H and O–H groups in total. The summed E-state index contributed by atoms with van der Waals surface area (Å²) < 4.78 is 5.28. The van der Waals surface area contributed by atoms with Gasteiger partial charge in [-0.15, -0.1) is 0 Å². The maximum Gasteiger partial charge on any atom is 0.122 e. The molecule has 0 aliphatic carbocycles.